The number of non-ortho nitro benzene ring substituents is 1. The Bertz CT molecular complexity index is 1400. The van der Waals surface area contributed by atoms with Gasteiger partial charge in [0.25, 0.3) is 5.69 Å². The second kappa shape index (κ2) is 8.80. The summed E-state index contributed by atoms with van der Waals surface area (Å²) in [4.78, 5) is 22.2. The third kappa shape index (κ3) is 4.49. The molecule has 0 fully saturated rings. The van der Waals surface area contributed by atoms with Crippen LogP contribution in [-0.4, -0.2) is 19.9 Å². The quantitative estimate of drug-likeness (QED) is 0.250. The second-order valence-electron chi connectivity index (χ2n) is 7.28. The zero-order valence-corrected chi connectivity index (χ0v) is 17.3. The number of hydrogen-bond donors (Lipinski definition) is 1. The highest BCUT2D eigenvalue weighted by Crippen LogP contribution is 2.32. The van der Waals surface area contributed by atoms with Gasteiger partial charge in [-0.3, -0.25) is 10.1 Å². The average molecular weight is 438 g/mol. The number of benzene rings is 3. The number of nitrogens with zero attached hydrogens (tertiary/aromatic N) is 3. The second-order valence-corrected chi connectivity index (χ2v) is 7.28. The Morgan fingerprint density at radius 1 is 0.879 bits per heavy atom. The molecule has 0 aliphatic rings. The molecule has 5 aromatic rings. The van der Waals surface area contributed by atoms with Crippen LogP contribution in [0.2, 0.25) is 0 Å². The van der Waals surface area contributed by atoms with Crippen molar-refractivity contribution in [3.8, 4) is 28.6 Å². The molecule has 1 N–H and O–H groups in total. The van der Waals surface area contributed by atoms with Crippen LogP contribution < -0.4 is 9.47 Å². The minimum Gasteiger partial charge on any atom is -0.489 e. The fourth-order valence-electron chi connectivity index (χ4n) is 3.37. The van der Waals surface area contributed by atoms with E-state index in [1.54, 1.807) is 0 Å². The van der Waals surface area contributed by atoms with Crippen LogP contribution in [0.4, 0.5) is 5.69 Å². The zero-order valence-electron chi connectivity index (χ0n) is 17.3. The molecule has 5 rings (SSSR count). The molecule has 0 radical (unpaired) electrons. The van der Waals surface area contributed by atoms with Crippen molar-refractivity contribution in [2.45, 2.75) is 6.61 Å². The minimum absolute atomic E-state index is 0.00434. The van der Waals surface area contributed by atoms with Crippen molar-refractivity contribution in [2.75, 3.05) is 0 Å². The third-order valence-corrected chi connectivity index (χ3v) is 5.06. The number of rotatable bonds is 7. The largest absolute Gasteiger partial charge is 0.489 e. The molecular formula is C25H18N4O4. The van der Waals surface area contributed by atoms with Gasteiger partial charge in [0.05, 0.1) is 10.3 Å². The molecule has 0 aliphatic heterocycles. The molecule has 0 saturated carbocycles. The van der Waals surface area contributed by atoms with Crippen molar-refractivity contribution >= 4 is 16.7 Å². The normalized spacial score (nSPS) is 10.8. The van der Waals surface area contributed by atoms with Gasteiger partial charge in [-0.25, -0.2) is 9.97 Å². The van der Waals surface area contributed by atoms with Crippen molar-refractivity contribution in [3.05, 3.63) is 107 Å². The van der Waals surface area contributed by atoms with E-state index < -0.39 is 4.92 Å². The van der Waals surface area contributed by atoms with Crippen molar-refractivity contribution < 1.29 is 14.4 Å². The highest BCUT2D eigenvalue weighted by atomic mass is 16.6. The summed E-state index contributed by atoms with van der Waals surface area (Å²) in [6.07, 6.45) is 1.41. The lowest BCUT2D eigenvalue weighted by atomic mass is 10.1. The zero-order chi connectivity index (χ0) is 22.6. The van der Waals surface area contributed by atoms with E-state index in [1.807, 2.05) is 60.7 Å². The molecule has 8 nitrogen and oxygen atoms in total. The Hall–Kier alpha value is -4.72. The fourth-order valence-corrected chi connectivity index (χ4v) is 3.37. The topological polar surface area (TPSA) is 103 Å². The summed E-state index contributed by atoms with van der Waals surface area (Å²) in [5.74, 6) is 1.59. The Kier molecular flexibility index (Phi) is 5.38. The molecular weight excluding hydrogens is 420 g/mol. The first-order valence-corrected chi connectivity index (χ1v) is 10.2. The Morgan fingerprint density at radius 2 is 1.61 bits per heavy atom. The molecule has 0 unspecified atom stereocenters. The van der Waals surface area contributed by atoms with Gasteiger partial charge in [0, 0.05) is 17.8 Å². The number of ether oxygens (including phenoxy) is 2. The van der Waals surface area contributed by atoms with Gasteiger partial charge in [0.1, 0.15) is 30.1 Å². The van der Waals surface area contributed by atoms with Gasteiger partial charge < -0.3 is 14.5 Å². The van der Waals surface area contributed by atoms with Gasteiger partial charge in [-0.15, -0.1) is 0 Å². The van der Waals surface area contributed by atoms with Crippen LogP contribution in [-0.2, 0) is 6.61 Å². The van der Waals surface area contributed by atoms with E-state index in [9.17, 15) is 10.1 Å². The van der Waals surface area contributed by atoms with Crippen LogP contribution in [0, 0.1) is 10.1 Å². The first kappa shape index (κ1) is 20.2. The lowest BCUT2D eigenvalue weighted by Crippen LogP contribution is -1.94. The SMILES string of the molecule is O=[N+]([O-])c1ccc(Oc2ncnc3[nH]c(-c4ccc(OCc5ccccc5)cc4)cc23)cc1. The summed E-state index contributed by atoms with van der Waals surface area (Å²) in [6.45, 7) is 0.505. The smallest absolute Gasteiger partial charge is 0.269 e. The van der Waals surface area contributed by atoms with Crippen molar-refractivity contribution in [1.82, 2.24) is 15.0 Å². The number of hydrogen-bond acceptors (Lipinski definition) is 6. The van der Waals surface area contributed by atoms with Gasteiger partial charge in [-0.2, -0.15) is 0 Å². The molecule has 0 bridgehead atoms. The summed E-state index contributed by atoms with van der Waals surface area (Å²) in [6, 6.07) is 25.5. The minimum atomic E-state index is -0.455. The molecule has 0 spiro atoms. The van der Waals surface area contributed by atoms with Crippen molar-refractivity contribution in [2.24, 2.45) is 0 Å². The van der Waals surface area contributed by atoms with Crippen molar-refractivity contribution in [1.29, 1.82) is 0 Å². The predicted molar refractivity (Wildman–Crippen MR) is 123 cm³/mol. The van der Waals surface area contributed by atoms with E-state index in [1.165, 1.54) is 30.6 Å². The number of aromatic nitrogens is 3. The fraction of sp³-hybridized carbons (Fsp3) is 0.0400. The van der Waals surface area contributed by atoms with Crippen LogP contribution in [0.5, 0.6) is 17.4 Å². The van der Waals surface area contributed by atoms with Gasteiger partial charge in [-0.05, 0) is 53.6 Å². The molecule has 2 aromatic heterocycles. The Morgan fingerprint density at radius 3 is 2.33 bits per heavy atom. The maximum atomic E-state index is 10.8. The standard InChI is InChI=1S/C25H18N4O4/c30-29(31)19-8-12-21(13-9-19)33-25-22-14-23(28-24(22)26-16-27-25)18-6-10-20(11-7-18)32-15-17-4-2-1-3-5-17/h1-14,16H,15H2,(H,26,27,28). The van der Waals surface area contributed by atoms with Gasteiger partial charge in [-0.1, -0.05) is 30.3 Å². The van der Waals surface area contributed by atoms with Crippen LogP contribution in [0.3, 0.4) is 0 Å². The average Bonchev–Trinajstić information content (AvgIpc) is 3.30. The monoisotopic (exact) mass is 438 g/mol. The highest BCUT2D eigenvalue weighted by Gasteiger charge is 2.12. The molecule has 162 valence electrons. The number of H-pyrrole nitrogens is 1. The number of aromatic amines is 1. The number of nitro benzene ring substituents is 1. The number of fused-ring (bicyclic) bond motifs is 1. The van der Waals surface area contributed by atoms with Gasteiger partial charge >= 0.3 is 0 Å². The molecule has 0 amide bonds. The van der Waals surface area contributed by atoms with Gasteiger partial charge in [0.2, 0.25) is 5.88 Å². The van der Waals surface area contributed by atoms with E-state index in [4.69, 9.17) is 9.47 Å². The first-order chi connectivity index (χ1) is 16.2. The van der Waals surface area contributed by atoms with Crippen LogP contribution in [0.1, 0.15) is 5.56 Å². The van der Waals surface area contributed by atoms with E-state index in [0.717, 1.165) is 22.6 Å². The molecule has 0 saturated heterocycles. The summed E-state index contributed by atoms with van der Waals surface area (Å²) in [7, 11) is 0. The molecule has 0 atom stereocenters. The summed E-state index contributed by atoms with van der Waals surface area (Å²) >= 11 is 0. The maximum Gasteiger partial charge on any atom is 0.269 e. The van der Waals surface area contributed by atoms with E-state index in [0.29, 0.717) is 29.3 Å². The van der Waals surface area contributed by atoms with Gasteiger partial charge in [0.15, 0.2) is 0 Å². The van der Waals surface area contributed by atoms with Crippen molar-refractivity contribution in [3.63, 3.8) is 0 Å². The highest BCUT2D eigenvalue weighted by molar-refractivity contribution is 5.87. The lowest BCUT2D eigenvalue weighted by Gasteiger charge is -2.07. The maximum absolute atomic E-state index is 10.8. The first-order valence-electron chi connectivity index (χ1n) is 10.2. The molecule has 2 heterocycles. The van der Waals surface area contributed by atoms with Crippen LogP contribution in [0.15, 0.2) is 91.3 Å². The lowest BCUT2D eigenvalue weighted by molar-refractivity contribution is -0.384. The predicted octanol–water partition coefficient (Wildman–Crippen LogP) is 5.90. The molecule has 33 heavy (non-hydrogen) atoms. The van der Waals surface area contributed by atoms with E-state index >= 15 is 0 Å². The van der Waals surface area contributed by atoms with E-state index in [2.05, 4.69) is 15.0 Å². The third-order valence-electron chi connectivity index (χ3n) is 5.06. The molecule has 8 heteroatoms. The summed E-state index contributed by atoms with van der Waals surface area (Å²) in [5.41, 5.74) is 3.54. The number of nitrogens with one attached hydrogen (secondary N) is 1. The Balaban J connectivity index is 1.34. The van der Waals surface area contributed by atoms with E-state index in [-0.39, 0.29) is 5.69 Å². The summed E-state index contributed by atoms with van der Waals surface area (Å²) < 4.78 is 11.7. The Labute approximate surface area is 188 Å². The van der Waals surface area contributed by atoms with Crippen LogP contribution >= 0.6 is 0 Å². The molecule has 0 aliphatic carbocycles. The summed E-state index contributed by atoms with van der Waals surface area (Å²) in [5, 5.41) is 11.5. The molecule has 3 aromatic carbocycles. The number of nitro groups is 1. The van der Waals surface area contributed by atoms with Crippen LogP contribution in [0.25, 0.3) is 22.3 Å².